The second-order valence-corrected chi connectivity index (χ2v) is 2.80. The van der Waals surface area contributed by atoms with E-state index in [-0.39, 0.29) is 38.9 Å². The van der Waals surface area contributed by atoms with Crippen molar-refractivity contribution in [2.45, 2.75) is 19.4 Å². The Balaban J connectivity index is 0.00000144. The van der Waals surface area contributed by atoms with Crippen molar-refractivity contribution in [1.82, 2.24) is 0 Å². The molecule has 2 nitrogen and oxygen atoms in total. The minimum atomic E-state index is 0. The Morgan fingerprint density at radius 3 is 2.38 bits per heavy atom. The van der Waals surface area contributed by atoms with E-state index in [1.54, 1.807) is 0 Å². The van der Waals surface area contributed by atoms with Crippen LogP contribution in [-0.4, -0.2) is 17.8 Å². The van der Waals surface area contributed by atoms with Crippen LogP contribution in [0.1, 0.15) is 13.3 Å². The summed E-state index contributed by atoms with van der Waals surface area (Å²) in [5, 5.41) is 12.2. The van der Waals surface area contributed by atoms with Crippen molar-refractivity contribution in [3.8, 4) is 0 Å². The Labute approximate surface area is 98.5 Å². The zero-order valence-electron chi connectivity index (χ0n) is 7.83. The monoisotopic (exact) mass is 255 g/mol. The molecule has 0 aliphatic heterocycles. The summed E-state index contributed by atoms with van der Waals surface area (Å²) in [5.41, 5.74) is 1.07. The van der Waals surface area contributed by atoms with Gasteiger partial charge in [-0.3, -0.25) is 0 Å². The molecule has 3 heteroatoms. The van der Waals surface area contributed by atoms with Gasteiger partial charge in [-0.1, -0.05) is 25.1 Å². The van der Waals surface area contributed by atoms with Gasteiger partial charge in [0.1, 0.15) is 0 Å². The Bertz CT molecular complexity index is 211. The van der Waals surface area contributed by atoms with Gasteiger partial charge in [-0.05, 0) is 18.6 Å². The predicted octanol–water partition coefficient (Wildman–Crippen LogP) is 1.87. The van der Waals surface area contributed by atoms with Crippen molar-refractivity contribution in [1.29, 1.82) is 0 Å². The average molecular weight is 256 g/mol. The van der Waals surface area contributed by atoms with Gasteiger partial charge in [-0.2, -0.15) is 0 Å². The molecule has 1 aromatic rings. The van der Waals surface area contributed by atoms with Gasteiger partial charge >= 0.3 is 0 Å². The quantitative estimate of drug-likeness (QED) is 0.862. The zero-order valence-corrected chi connectivity index (χ0v) is 10.3. The van der Waals surface area contributed by atoms with E-state index in [0.717, 1.165) is 12.1 Å². The molecular weight excluding hydrogens is 241 g/mol. The molecule has 1 atom stereocenters. The third kappa shape index (κ3) is 4.59. The standard InChI is InChI=1S/C10H15NO.Zr/c1-2-9(8-12)11-10-6-4-3-5-7-10;/h3-7,9,11-12H,2,8H2,1H3;. The predicted molar refractivity (Wildman–Crippen MR) is 51.2 cm³/mol. The fourth-order valence-electron chi connectivity index (χ4n) is 1.05. The van der Waals surface area contributed by atoms with Gasteiger partial charge in [0.25, 0.3) is 0 Å². The Hall–Kier alpha value is -0.137. The molecule has 0 saturated carbocycles. The second-order valence-electron chi connectivity index (χ2n) is 2.80. The number of anilines is 1. The third-order valence-corrected chi connectivity index (χ3v) is 1.86. The minimum Gasteiger partial charge on any atom is -0.394 e. The van der Waals surface area contributed by atoms with Crippen LogP contribution in [0.2, 0.25) is 0 Å². The van der Waals surface area contributed by atoms with Crippen LogP contribution >= 0.6 is 0 Å². The minimum absolute atomic E-state index is 0. The van der Waals surface area contributed by atoms with E-state index in [9.17, 15) is 0 Å². The van der Waals surface area contributed by atoms with E-state index in [1.165, 1.54) is 0 Å². The van der Waals surface area contributed by atoms with Gasteiger partial charge in [-0.15, -0.1) is 0 Å². The number of hydrogen-bond donors (Lipinski definition) is 2. The summed E-state index contributed by atoms with van der Waals surface area (Å²) in [6, 6.07) is 10.1. The molecule has 0 spiro atoms. The van der Waals surface area contributed by atoms with E-state index >= 15 is 0 Å². The average Bonchev–Trinajstić information content (AvgIpc) is 2.16. The van der Waals surface area contributed by atoms with Crippen LogP contribution in [0, 0.1) is 0 Å². The fraction of sp³-hybridized carbons (Fsp3) is 0.400. The van der Waals surface area contributed by atoms with Crippen molar-refractivity contribution >= 4 is 5.69 Å². The Kier molecular flexibility index (Phi) is 7.21. The first-order valence-electron chi connectivity index (χ1n) is 4.29. The number of nitrogens with one attached hydrogen (secondary N) is 1. The molecule has 0 fully saturated rings. The number of para-hydroxylation sites is 1. The summed E-state index contributed by atoms with van der Waals surface area (Å²) in [6.45, 7) is 2.24. The van der Waals surface area contributed by atoms with Crippen molar-refractivity contribution in [2.75, 3.05) is 11.9 Å². The summed E-state index contributed by atoms with van der Waals surface area (Å²) in [7, 11) is 0. The molecule has 70 valence electrons. The summed E-state index contributed by atoms with van der Waals surface area (Å²) >= 11 is 0. The fourth-order valence-corrected chi connectivity index (χ4v) is 1.05. The first kappa shape index (κ1) is 12.9. The maximum absolute atomic E-state index is 8.92. The molecule has 0 aromatic heterocycles. The molecule has 0 saturated heterocycles. The van der Waals surface area contributed by atoms with Crippen molar-refractivity contribution < 1.29 is 31.3 Å². The maximum atomic E-state index is 8.92. The van der Waals surface area contributed by atoms with Crippen LogP contribution in [0.15, 0.2) is 30.3 Å². The van der Waals surface area contributed by atoms with E-state index < -0.39 is 0 Å². The number of hydrogen-bond acceptors (Lipinski definition) is 2. The van der Waals surface area contributed by atoms with Crippen LogP contribution in [0.5, 0.6) is 0 Å². The van der Waals surface area contributed by atoms with Gasteiger partial charge in [0.15, 0.2) is 0 Å². The largest absolute Gasteiger partial charge is 0.394 e. The summed E-state index contributed by atoms with van der Waals surface area (Å²) in [6.07, 6.45) is 0.936. The third-order valence-electron chi connectivity index (χ3n) is 1.86. The molecule has 0 amide bonds. The van der Waals surface area contributed by atoms with E-state index in [2.05, 4.69) is 12.2 Å². The number of aliphatic hydroxyl groups excluding tert-OH is 1. The van der Waals surface area contributed by atoms with Crippen molar-refractivity contribution in [2.24, 2.45) is 0 Å². The number of aliphatic hydroxyl groups is 1. The van der Waals surface area contributed by atoms with Gasteiger partial charge < -0.3 is 10.4 Å². The maximum Gasteiger partial charge on any atom is 0.0632 e. The molecule has 0 aliphatic rings. The first-order chi connectivity index (χ1) is 5.86. The van der Waals surface area contributed by atoms with Crippen LogP contribution in [0.4, 0.5) is 5.69 Å². The molecular formula is C10H15NOZr. The molecule has 1 rings (SSSR count). The van der Waals surface area contributed by atoms with Gasteiger partial charge in [0, 0.05) is 37.9 Å². The van der Waals surface area contributed by atoms with Gasteiger partial charge in [0.05, 0.1) is 6.61 Å². The van der Waals surface area contributed by atoms with E-state index in [0.29, 0.717) is 0 Å². The topological polar surface area (TPSA) is 32.3 Å². The molecule has 0 bridgehead atoms. The summed E-state index contributed by atoms with van der Waals surface area (Å²) in [4.78, 5) is 0. The smallest absolute Gasteiger partial charge is 0.0632 e. The van der Waals surface area contributed by atoms with E-state index in [4.69, 9.17) is 5.11 Å². The molecule has 0 radical (unpaired) electrons. The molecule has 2 N–H and O–H groups in total. The van der Waals surface area contributed by atoms with Crippen LogP contribution in [0.25, 0.3) is 0 Å². The normalized spacial score (nSPS) is 11.5. The van der Waals surface area contributed by atoms with Crippen molar-refractivity contribution in [3.63, 3.8) is 0 Å². The number of rotatable bonds is 4. The van der Waals surface area contributed by atoms with Crippen LogP contribution < -0.4 is 5.32 Å². The second kappa shape index (κ2) is 7.28. The molecule has 0 aliphatic carbocycles. The van der Waals surface area contributed by atoms with Gasteiger partial charge in [-0.25, -0.2) is 0 Å². The summed E-state index contributed by atoms with van der Waals surface area (Å²) < 4.78 is 0. The summed E-state index contributed by atoms with van der Waals surface area (Å²) in [5.74, 6) is 0. The molecule has 13 heavy (non-hydrogen) atoms. The Morgan fingerprint density at radius 1 is 1.31 bits per heavy atom. The Morgan fingerprint density at radius 2 is 1.92 bits per heavy atom. The van der Waals surface area contributed by atoms with E-state index in [1.807, 2.05) is 30.3 Å². The zero-order chi connectivity index (χ0) is 8.81. The SMILES string of the molecule is CCC(CO)Nc1ccccc1.[Zr]. The molecule has 1 unspecified atom stereocenters. The van der Waals surface area contributed by atoms with Gasteiger partial charge in [0.2, 0.25) is 0 Å². The molecule has 1 aromatic carbocycles. The van der Waals surface area contributed by atoms with Crippen LogP contribution in [0.3, 0.4) is 0 Å². The number of benzene rings is 1. The van der Waals surface area contributed by atoms with Crippen molar-refractivity contribution in [3.05, 3.63) is 30.3 Å². The first-order valence-corrected chi connectivity index (χ1v) is 4.29. The molecule has 0 heterocycles. The van der Waals surface area contributed by atoms with Crippen LogP contribution in [-0.2, 0) is 26.2 Å².